The Morgan fingerprint density at radius 3 is 2.67 bits per heavy atom. The van der Waals surface area contributed by atoms with Crippen molar-refractivity contribution in [3.63, 3.8) is 0 Å². The lowest BCUT2D eigenvalue weighted by Crippen LogP contribution is -2.03. The molecule has 0 aliphatic heterocycles. The molecule has 0 fully saturated rings. The van der Waals surface area contributed by atoms with Crippen LogP contribution in [0.4, 0.5) is 5.69 Å². The molecule has 0 spiro atoms. The van der Waals surface area contributed by atoms with Gasteiger partial charge in [0.15, 0.2) is 11.5 Å². The second-order valence-corrected chi connectivity index (χ2v) is 2.91. The highest BCUT2D eigenvalue weighted by Gasteiger charge is 2.13. The zero-order valence-electron chi connectivity index (χ0n) is 8.57. The van der Waals surface area contributed by atoms with Crippen molar-refractivity contribution < 1.29 is 19.7 Å². The van der Waals surface area contributed by atoms with Crippen LogP contribution in [0.1, 0.15) is 17.3 Å². The number of methoxy groups -OCH3 is 1. The third-order valence-corrected chi connectivity index (χ3v) is 1.88. The number of phenolic OH excluding ortho intramolecular Hbond substituents is 2. The minimum atomic E-state index is -0.565. The van der Waals surface area contributed by atoms with Gasteiger partial charge in [0, 0.05) is 6.54 Å². The van der Waals surface area contributed by atoms with E-state index in [-0.39, 0.29) is 17.1 Å². The van der Waals surface area contributed by atoms with Crippen molar-refractivity contribution >= 4 is 11.7 Å². The van der Waals surface area contributed by atoms with Crippen molar-refractivity contribution in [2.75, 3.05) is 19.0 Å². The summed E-state index contributed by atoms with van der Waals surface area (Å²) in [5.74, 6) is -1.19. The molecule has 1 aromatic carbocycles. The lowest BCUT2D eigenvalue weighted by atomic mass is 10.1. The second-order valence-electron chi connectivity index (χ2n) is 2.91. The summed E-state index contributed by atoms with van der Waals surface area (Å²) in [4.78, 5) is 11.2. The van der Waals surface area contributed by atoms with Crippen molar-refractivity contribution in [3.05, 3.63) is 17.7 Å². The van der Waals surface area contributed by atoms with Crippen LogP contribution in [0, 0.1) is 0 Å². The number of rotatable bonds is 3. The molecule has 0 saturated heterocycles. The maximum absolute atomic E-state index is 11.2. The number of benzene rings is 1. The molecule has 0 aliphatic rings. The van der Waals surface area contributed by atoms with E-state index < -0.39 is 5.97 Å². The van der Waals surface area contributed by atoms with Gasteiger partial charge < -0.3 is 20.3 Å². The van der Waals surface area contributed by atoms with E-state index in [9.17, 15) is 15.0 Å². The minimum absolute atomic E-state index is 0.184. The third-order valence-electron chi connectivity index (χ3n) is 1.88. The van der Waals surface area contributed by atoms with E-state index in [0.29, 0.717) is 12.2 Å². The van der Waals surface area contributed by atoms with Crippen LogP contribution in [0.15, 0.2) is 12.1 Å². The van der Waals surface area contributed by atoms with E-state index in [0.717, 1.165) is 6.07 Å². The van der Waals surface area contributed by atoms with E-state index in [1.807, 2.05) is 6.92 Å². The van der Waals surface area contributed by atoms with Crippen molar-refractivity contribution in [2.24, 2.45) is 0 Å². The van der Waals surface area contributed by atoms with Gasteiger partial charge in [0.1, 0.15) is 0 Å². The van der Waals surface area contributed by atoms with Gasteiger partial charge in [0.2, 0.25) is 0 Å². The predicted octanol–water partition coefficient (Wildman–Crippen LogP) is 1.32. The number of nitrogens with one attached hydrogen (secondary N) is 1. The highest BCUT2D eigenvalue weighted by atomic mass is 16.5. The highest BCUT2D eigenvalue weighted by Crippen LogP contribution is 2.34. The van der Waals surface area contributed by atoms with Crippen molar-refractivity contribution in [2.45, 2.75) is 6.92 Å². The Bertz CT molecular complexity index is 376. The fourth-order valence-corrected chi connectivity index (χ4v) is 1.18. The average molecular weight is 211 g/mol. The van der Waals surface area contributed by atoms with E-state index in [2.05, 4.69) is 10.1 Å². The molecule has 0 saturated carbocycles. The van der Waals surface area contributed by atoms with Crippen LogP contribution < -0.4 is 5.32 Å². The maximum atomic E-state index is 11.2. The Morgan fingerprint density at radius 1 is 1.47 bits per heavy atom. The standard InChI is InChI=1S/C10H13NO4/c1-3-11-7-4-6(10(14)15-2)5-8(12)9(7)13/h4-5,11-13H,3H2,1-2H3. The van der Waals surface area contributed by atoms with Crippen molar-refractivity contribution in [3.8, 4) is 11.5 Å². The summed E-state index contributed by atoms with van der Waals surface area (Å²) in [5.41, 5.74) is 0.488. The first-order valence-electron chi connectivity index (χ1n) is 4.48. The van der Waals surface area contributed by atoms with E-state index >= 15 is 0 Å². The van der Waals surface area contributed by atoms with E-state index in [1.54, 1.807) is 0 Å². The molecule has 0 heterocycles. The zero-order valence-corrected chi connectivity index (χ0v) is 8.57. The largest absolute Gasteiger partial charge is 0.504 e. The molecule has 1 rings (SSSR count). The van der Waals surface area contributed by atoms with E-state index in [4.69, 9.17) is 0 Å². The quantitative estimate of drug-likeness (QED) is 0.519. The Morgan fingerprint density at radius 2 is 2.13 bits per heavy atom. The average Bonchev–Trinajstić information content (AvgIpc) is 2.23. The third kappa shape index (κ3) is 2.31. The number of ether oxygens (including phenoxy) is 1. The zero-order chi connectivity index (χ0) is 11.4. The molecule has 0 radical (unpaired) electrons. The number of phenols is 2. The molecule has 0 amide bonds. The SMILES string of the molecule is CCNc1cc(C(=O)OC)cc(O)c1O. The number of carbonyl (C=O) groups excluding carboxylic acids is 1. The lowest BCUT2D eigenvalue weighted by molar-refractivity contribution is 0.0600. The first-order chi connectivity index (χ1) is 7.10. The summed E-state index contributed by atoms with van der Waals surface area (Å²) >= 11 is 0. The Labute approximate surface area is 87.3 Å². The molecule has 0 unspecified atom stereocenters. The number of esters is 1. The molecule has 82 valence electrons. The van der Waals surface area contributed by atoms with Gasteiger partial charge in [-0.25, -0.2) is 4.79 Å². The van der Waals surface area contributed by atoms with Gasteiger partial charge in [0.25, 0.3) is 0 Å². The maximum Gasteiger partial charge on any atom is 0.338 e. The topological polar surface area (TPSA) is 78.8 Å². The molecule has 3 N–H and O–H groups in total. The molecule has 1 aromatic rings. The van der Waals surface area contributed by atoms with Crippen LogP contribution in [-0.4, -0.2) is 29.8 Å². The molecular weight excluding hydrogens is 198 g/mol. The summed E-state index contributed by atoms with van der Waals surface area (Å²) in [7, 11) is 1.25. The summed E-state index contributed by atoms with van der Waals surface area (Å²) in [6.07, 6.45) is 0. The first-order valence-corrected chi connectivity index (χ1v) is 4.48. The summed E-state index contributed by atoms with van der Waals surface area (Å²) in [6.45, 7) is 2.40. The highest BCUT2D eigenvalue weighted by molar-refractivity contribution is 5.92. The summed E-state index contributed by atoms with van der Waals surface area (Å²) in [5, 5.41) is 21.6. The molecule has 5 heteroatoms. The van der Waals surface area contributed by atoms with Gasteiger partial charge >= 0.3 is 5.97 Å². The van der Waals surface area contributed by atoms with Gasteiger partial charge in [-0.15, -0.1) is 0 Å². The molecule has 0 aromatic heterocycles. The molecule has 15 heavy (non-hydrogen) atoms. The lowest BCUT2D eigenvalue weighted by Gasteiger charge is -2.09. The van der Waals surface area contributed by atoms with Gasteiger partial charge in [0.05, 0.1) is 18.4 Å². The fourth-order valence-electron chi connectivity index (χ4n) is 1.18. The number of hydrogen-bond donors (Lipinski definition) is 3. The van der Waals surface area contributed by atoms with Crippen molar-refractivity contribution in [1.29, 1.82) is 0 Å². The first kappa shape index (κ1) is 11.2. The van der Waals surface area contributed by atoms with Gasteiger partial charge in [-0.05, 0) is 19.1 Å². The number of carbonyl (C=O) groups is 1. The molecule has 0 aliphatic carbocycles. The van der Waals surface area contributed by atoms with Gasteiger partial charge in [-0.1, -0.05) is 0 Å². The minimum Gasteiger partial charge on any atom is -0.504 e. The van der Waals surface area contributed by atoms with Crippen LogP contribution >= 0.6 is 0 Å². The molecule has 0 atom stereocenters. The Hall–Kier alpha value is -1.91. The van der Waals surface area contributed by atoms with E-state index in [1.165, 1.54) is 13.2 Å². The monoisotopic (exact) mass is 211 g/mol. The number of hydrogen-bond acceptors (Lipinski definition) is 5. The Balaban J connectivity index is 3.16. The van der Waals surface area contributed by atoms with Crippen LogP contribution in [0.3, 0.4) is 0 Å². The van der Waals surface area contributed by atoms with Gasteiger partial charge in [-0.3, -0.25) is 0 Å². The summed E-state index contributed by atoms with van der Waals surface area (Å²) < 4.78 is 4.50. The van der Waals surface area contributed by atoms with Gasteiger partial charge in [-0.2, -0.15) is 0 Å². The van der Waals surface area contributed by atoms with Crippen LogP contribution in [0.25, 0.3) is 0 Å². The fraction of sp³-hybridized carbons (Fsp3) is 0.300. The van der Waals surface area contributed by atoms with Crippen LogP contribution in [0.2, 0.25) is 0 Å². The number of aromatic hydroxyl groups is 2. The summed E-state index contributed by atoms with van der Waals surface area (Å²) in [6, 6.07) is 2.58. The predicted molar refractivity (Wildman–Crippen MR) is 55.3 cm³/mol. The smallest absolute Gasteiger partial charge is 0.338 e. The normalized spacial score (nSPS) is 9.73. The molecule has 0 bridgehead atoms. The van der Waals surface area contributed by atoms with Crippen molar-refractivity contribution in [1.82, 2.24) is 0 Å². The molecule has 5 nitrogen and oxygen atoms in total. The Kier molecular flexibility index (Phi) is 3.38. The molecular formula is C10H13NO4. The number of anilines is 1. The van der Waals surface area contributed by atoms with Crippen LogP contribution in [-0.2, 0) is 4.74 Å². The van der Waals surface area contributed by atoms with Crippen LogP contribution in [0.5, 0.6) is 11.5 Å². The second kappa shape index (κ2) is 4.54.